The van der Waals surface area contributed by atoms with E-state index in [2.05, 4.69) is 0 Å². The molecule has 33 heavy (non-hydrogen) atoms. The van der Waals surface area contributed by atoms with Gasteiger partial charge in [0.05, 0.1) is 0 Å². The molecule has 0 heterocycles. The van der Waals surface area contributed by atoms with Crippen LogP contribution >= 0.6 is 0 Å². The number of aryl methyl sites for hydroxylation is 1. The SMILES string of the molecule is Cc1cc2cc(O)ccc2c(Oc2ccc(NS(=O)(=O)C(F)(F)F)cc2)c1-c1ccccc1. The van der Waals surface area contributed by atoms with Gasteiger partial charge < -0.3 is 9.84 Å². The molecule has 0 radical (unpaired) electrons. The van der Waals surface area contributed by atoms with Gasteiger partial charge in [-0.2, -0.15) is 21.6 Å². The number of ether oxygens (including phenoxy) is 1. The third-order valence-corrected chi connectivity index (χ3v) is 6.08. The molecule has 0 spiro atoms. The number of hydrogen-bond donors (Lipinski definition) is 2. The van der Waals surface area contributed by atoms with Crippen molar-refractivity contribution in [1.82, 2.24) is 0 Å². The smallest absolute Gasteiger partial charge is 0.508 e. The number of hydrogen-bond acceptors (Lipinski definition) is 4. The van der Waals surface area contributed by atoms with Crippen molar-refractivity contribution < 1.29 is 31.4 Å². The highest BCUT2D eigenvalue weighted by molar-refractivity contribution is 7.93. The first-order chi connectivity index (χ1) is 15.5. The molecule has 0 aliphatic rings. The Labute approximate surface area is 188 Å². The van der Waals surface area contributed by atoms with Crippen LogP contribution in [0.25, 0.3) is 21.9 Å². The number of benzene rings is 4. The minimum absolute atomic E-state index is 0.0987. The van der Waals surface area contributed by atoms with Crippen molar-refractivity contribution in [3.05, 3.63) is 84.4 Å². The Balaban J connectivity index is 1.77. The van der Waals surface area contributed by atoms with E-state index in [9.17, 15) is 26.7 Å². The molecule has 0 saturated heterocycles. The summed E-state index contributed by atoms with van der Waals surface area (Å²) < 4.78 is 68.1. The largest absolute Gasteiger partial charge is 0.516 e. The molecule has 0 unspecified atom stereocenters. The molecule has 0 saturated carbocycles. The normalized spacial score (nSPS) is 12.0. The van der Waals surface area contributed by atoms with Crippen molar-refractivity contribution in [1.29, 1.82) is 0 Å². The van der Waals surface area contributed by atoms with Crippen molar-refractivity contribution in [3.8, 4) is 28.4 Å². The number of anilines is 1. The van der Waals surface area contributed by atoms with Crippen LogP contribution in [-0.4, -0.2) is 19.0 Å². The molecular formula is C24H18F3NO4S. The van der Waals surface area contributed by atoms with Crippen molar-refractivity contribution in [2.45, 2.75) is 12.4 Å². The molecule has 0 aliphatic heterocycles. The van der Waals surface area contributed by atoms with Crippen LogP contribution in [0.4, 0.5) is 18.9 Å². The van der Waals surface area contributed by atoms with E-state index >= 15 is 0 Å². The maximum Gasteiger partial charge on any atom is 0.516 e. The predicted octanol–water partition coefficient (Wildman–Crippen LogP) is 6.57. The number of rotatable bonds is 5. The van der Waals surface area contributed by atoms with E-state index in [-0.39, 0.29) is 11.4 Å². The van der Waals surface area contributed by atoms with Crippen molar-refractivity contribution in [3.63, 3.8) is 0 Å². The van der Waals surface area contributed by atoms with Crippen LogP contribution in [0.5, 0.6) is 17.2 Å². The maximum absolute atomic E-state index is 12.6. The fourth-order valence-corrected chi connectivity index (χ4v) is 4.05. The summed E-state index contributed by atoms with van der Waals surface area (Å²) in [7, 11) is -5.52. The first kappa shape index (κ1) is 22.5. The highest BCUT2D eigenvalue weighted by atomic mass is 32.2. The molecule has 0 amide bonds. The van der Waals surface area contributed by atoms with Gasteiger partial charge in [0.1, 0.15) is 17.2 Å². The summed E-state index contributed by atoms with van der Waals surface area (Å²) >= 11 is 0. The predicted molar refractivity (Wildman–Crippen MR) is 121 cm³/mol. The van der Waals surface area contributed by atoms with Gasteiger partial charge in [-0.1, -0.05) is 36.4 Å². The van der Waals surface area contributed by atoms with Crippen LogP contribution in [0.3, 0.4) is 0 Å². The number of phenolic OH excluding ortho intramolecular Hbond substituents is 1. The van der Waals surface area contributed by atoms with E-state index in [1.165, 1.54) is 35.1 Å². The molecule has 4 rings (SSSR count). The van der Waals surface area contributed by atoms with Gasteiger partial charge in [-0.15, -0.1) is 0 Å². The van der Waals surface area contributed by atoms with Gasteiger partial charge >= 0.3 is 15.5 Å². The molecule has 2 N–H and O–H groups in total. The standard InChI is InChI=1S/C24H18F3NO4S/c1-15-13-17-14-19(29)9-12-21(17)23(22(15)16-5-3-2-4-6-16)32-20-10-7-18(8-11-20)28-33(30,31)24(25,26)27/h2-14,28-29H,1H3. The van der Waals surface area contributed by atoms with Gasteiger partial charge in [0.2, 0.25) is 0 Å². The Morgan fingerprint density at radius 1 is 0.909 bits per heavy atom. The quantitative estimate of drug-likeness (QED) is 0.344. The third kappa shape index (κ3) is 4.58. The van der Waals surface area contributed by atoms with E-state index in [1.807, 2.05) is 43.3 Å². The lowest BCUT2D eigenvalue weighted by Crippen LogP contribution is -2.29. The second kappa shape index (κ2) is 8.32. The zero-order chi connectivity index (χ0) is 23.8. The van der Waals surface area contributed by atoms with Gasteiger partial charge in [-0.05, 0) is 65.9 Å². The van der Waals surface area contributed by atoms with E-state index in [4.69, 9.17) is 4.74 Å². The van der Waals surface area contributed by atoms with Crippen LogP contribution < -0.4 is 9.46 Å². The van der Waals surface area contributed by atoms with Crippen molar-refractivity contribution in [2.75, 3.05) is 4.72 Å². The molecule has 170 valence electrons. The summed E-state index contributed by atoms with van der Waals surface area (Å²) in [6, 6.07) is 21.4. The van der Waals surface area contributed by atoms with E-state index in [0.717, 1.165) is 27.5 Å². The third-order valence-electron chi connectivity index (χ3n) is 4.97. The number of aromatic hydroxyl groups is 1. The van der Waals surface area contributed by atoms with Crippen LogP contribution in [0.2, 0.25) is 0 Å². The molecule has 0 aliphatic carbocycles. The number of phenols is 1. The lowest BCUT2D eigenvalue weighted by molar-refractivity contribution is -0.0429. The van der Waals surface area contributed by atoms with Crippen LogP contribution in [0.15, 0.2) is 78.9 Å². The Kier molecular flexibility index (Phi) is 5.67. The van der Waals surface area contributed by atoms with Crippen molar-refractivity contribution in [2.24, 2.45) is 0 Å². The molecule has 0 fully saturated rings. The van der Waals surface area contributed by atoms with Gasteiger partial charge in [-0.3, -0.25) is 4.72 Å². The van der Waals surface area contributed by atoms with Crippen LogP contribution in [0.1, 0.15) is 5.56 Å². The molecular weight excluding hydrogens is 455 g/mol. The number of fused-ring (bicyclic) bond motifs is 1. The van der Waals surface area contributed by atoms with Gasteiger partial charge in [0.15, 0.2) is 0 Å². The Hall–Kier alpha value is -3.72. The Bertz CT molecular complexity index is 1420. The average molecular weight is 473 g/mol. The number of halogens is 3. The lowest BCUT2D eigenvalue weighted by Gasteiger charge is -2.18. The summed E-state index contributed by atoms with van der Waals surface area (Å²) in [4.78, 5) is 0. The lowest BCUT2D eigenvalue weighted by atomic mass is 9.94. The topological polar surface area (TPSA) is 75.6 Å². The van der Waals surface area contributed by atoms with Gasteiger partial charge in [0, 0.05) is 16.6 Å². The average Bonchev–Trinajstić information content (AvgIpc) is 2.74. The Morgan fingerprint density at radius 3 is 2.21 bits per heavy atom. The minimum Gasteiger partial charge on any atom is -0.508 e. The maximum atomic E-state index is 12.6. The summed E-state index contributed by atoms with van der Waals surface area (Å²) in [6.07, 6.45) is 0. The minimum atomic E-state index is -5.52. The molecule has 9 heteroatoms. The van der Waals surface area contributed by atoms with Crippen LogP contribution in [0, 0.1) is 6.92 Å². The monoisotopic (exact) mass is 473 g/mol. The molecule has 4 aromatic carbocycles. The number of sulfonamides is 1. The second-order valence-electron chi connectivity index (χ2n) is 7.35. The highest BCUT2D eigenvalue weighted by Crippen LogP contribution is 2.43. The number of alkyl halides is 3. The fourth-order valence-electron chi connectivity index (χ4n) is 3.49. The molecule has 0 atom stereocenters. The first-order valence-electron chi connectivity index (χ1n) is 9.74. The summed E-state index contributed by atoms with van der Waals surface area (Å²) in [6.45, 7) is 1.91. The van der Waals surface area contributed by atoms with Gasteiger partial charge in [0.25, 0.3) is 0 Å². The Morgan fingerprint density at radius 2 is 1.58 bits per heavy atom. The number of nitrogens with one attached hydrogen (secondary N) is 1. The molecule has 4 aromatic rings. The molecule has 0 aromatic heterocycles. The van der Waals surface area contributed by atoms with Crippen molar-refractivity contribution >= 4 is 26.5 Å². The van der Waals surface area contributed by atoms with Gasteiger partial charge in [-0.25, -0.2) is 0 Å². The van der Waals surface area contributed by atoms with E-state index in [1.54, 1.807) is 12.1 Å². The summed E-state index contributed by atoms with van der Waals surface area (Å²) in [5.41, 5.74) is -3.06. The fraction of sp³-hybridized carbons (Fsp3) is 0.0833. The summed E-state index contributed by atoms with van der Waals surface area (Å²) in [5.74, 6) is 0.892. The summed E-state index contributed by atoms with van der Waals surface area (Å²) in [5, 5.41) is 11.4. The van der Waals surface area contributed by atoms with E-state index in [0.29, 0.717) is 11.5 Å². The highest BCUT2D eigenvalue weighted by Gasteiger charge is 2.46. The van der Waals surface area contributed by atoms with Crippen LogP contribution in [-0.2, 0) is 10.0 Å². The zero-order valence-corrected chi connectivity index (χ0v) is 18.0. The van der Waals surface area contributed by atoms with E-state index < -0.39 is 15.5 Å². The second-order valence-corrected chi connectivity index (χ2v) is 9.02. The molecule has 0 bridgehead atoms. The molecule has 5 nitrogen and oxygen atoms in total. The first-order valence-corrected chi connectivity index (χ1v) is 11.2. The zero-order valence-electron chi connectivity index (χ0n) is 17.2.